The minimum absolute atomic E-state index is 0. The summed E-state index contributed by atoms with van der Waals surface area (Å²) >= 11 is 1.45. The third-order valence-corrected chi connectivity index (χ3v) is 4.26. The van der Waals surface area contributed by atoms with Crippen molar-refractivity contribution in [3.05, 3.63) is 11.1 Å². The fourth-order valence-electron chi connectivity index (χ4n) is 2.78. The average molecular weight is 290 g/mol. The first-order chi connectivity index (χ1) is 8.42. The van der Waals surface area contributed by atoms with Gasteiger partial charge in [0, 0.05) is 57.2 Å². The number of hydrogen-bond donors (Lipinski definition) is 1. The highest BCUT2D eigenvalue weighted by molar-refractivity contribution is 7.03. The van der Waals surface area contributed by atoms with Crippen LogP contribution in [0.3, 0.4) is 0 Å². The first kappa shape index (κ1) is 14.1. The van der Waals surface area contributed by atoms with E-state index in [2.05, 4.69) is 30.1 Å². The molecule has 5 nitrogen and oxygen atoms in total. The molecule has 1 unspecified atom stereocenters. The third kappa shape index (κ3) is 3.39. The summed E-state index contributed by atoms with van der Waals surface area (Å²) in [6, 6.07) is 0.753. The molecule has 2 aliphatic rings. The topological polar surface area (TPSA) is 44.3 Å². The largest absolute Gasteiger partial charge is 0.314 e. The van der Waals surface area contributed by atoms with Crippen molar-refractivity contribution < 1.29 is 0 Å². The molecule has 2 saturated heterocycles. The third-order valence-electron chi connectivity index (χ3n) is 3.71. The van der Waals surface area contributed by atoms with Gasteiger partial charge < -0.3 is 5.32 Å². The maximum atomic E-state index is 4.12. The zero-order valence-corrected chi connectivity index (χ0v) is 12.0. The number of likely N-dealkylation sites (tertiary alicyclic amines) is 1. The molecule has 1 aromatic heterocycles. The number of aromatic nitrogens is 2. The standard InChI is InChI=1S/C11H19N5S.ClH/c1-4-15(7-10-9-17-14-13-10)8-11(1)16-5-2-12-3-6-16;/h9,11-12H,1-8H2;1H. The van der Waals surface area contributed by atoms with Gasteiger partial charge in [-0.2, -0.15) is 0 Å². The monoisotopic (exact) mass is 289 g/mol. The normalized spacial score (nSPS) is 26.1. The highest BCUT2D eigenvalue weighted by atomic mass is 35.5. The van der Waals surface area contributed by atoms with Gasteiger partial charge in [-0.1, -0.05) is 4.49 Å². The van der Waals surface area contributed by atoms with E-state index in [-0.39, 0.29) is 12.4 Å². The van der Waals surface area contributed by atoms with E-state index in [1.807, 2.05) is 0 Å². The number of nitrogens with one attached hydrogen (secondary N) is 1. The molecular formula is C11H20ClN5S. The van der Waals surface area contributed by atoms with E-state index in [9.17, 15) is 0 Å². The van der Waals surface area contributed by atoms with Gasteiger partial charge in [-0.05, 0) is 18.0 Å². The summed E-state index contributed by atoms with van der Waals surface area (Å²) in [5.74, 6) is 0. The molecule has 0 spiro atoms. The number of piperazine rings is 1. The van der Waals surface area contributed by atoms with Gasteiger partial charge in [0.05, 0.1) is 5.69 Å². The number of rotatable bonds is 3. The lowest BCUT2D eigenvalue weighted by molar-refractivity contribution is 0.170. The van der Waals surface area contributed by atoms with Crippen molar-refractivity contribution in [3.8, 4) is 0 Å². The van der Waals surface area contributed by atoms with Crippen LogP contribution in [0, 0.1) is 0 Å². The highest BCUT2D eigenvalue weighted by Crippen LogP contribution is 2.18. The van der Waals surface area contributed by atoms with Gasteiger partial charge in [-0.25, -0.2) is 0 Å². The van der Waals surface area contributed by atoms with E-state index in [4.69, 9.17) is 0 Å². The fourth-order valence-corrected chi connectivity index (χ4v) is 3.23. The molecule has 3 heterocycles. The Morgan fingerprint density at radius 3 is 2.89 bits per heavy atom. The average Bonchev–Trinajstić information content (AvgIpc) is 3.02. The van der Waals surface area contributed by atoms with Crippen LogP contribution in [0.15, 0.2) is 5.38 Å². The molecule has 0 aromatic carbocycles. The Bertz CT molecular complexity index is 341. The van der Waals surface area contributed by atoms with E-state index in [0.29, 0.717) is 0 Å². The summed E-state index contributed by atoms with van der Waals surface area (Å²) in [7, 11) is 0. The predicted octanol–water partition coefficient (Wildman–Crippen LogP) is 0.439. The second-order valence-corrected chi connectivity index (χ2v) is 5.47. The van der Waals surface area contributed by atoms with E-state index < -0.39 is 0 Å². The van der Waals surface area contributed by atoms with Crippen molar-refractivity contribution in [2.75, 3.05) is 39.3 Å². The zero-order valence-electron chi connectivity index (χ0n) is 10.4. The molecule has 2 fully saturated rings. The van der Waals surface area contributed by atoms with Gasteiger partial charge in [0.25, 0.3) is 0 Å². The first-order valence-electron chi connectivity index (χ1n) is 6.35. The van der Waals surface area contributed by atoms with Crippen molar-refractivity contribution in [2.45, 2.75) is 19.0 Å². The van der Waals surface area contributed by atoms with Gasteiger partial charge in [0.1, 0.15) is 0 Å². The van der Waals surface area contributed by atoms with Gasteiger partial charge in [0.2, 0.25) is 0 Å². The molecular weight excluding hydrogens is 270 g/mol. The molecule has 0 aliphatic carbocycles. The van der Waals surface area contributed by atoms with Crippen LogP contribution in [0.4, 0.5) is 0 Å². The molecule has 18 heavy (non-hydrogen) atoms. The van der Waals surface area contributed by atoms with E-state index in [1.165, 1.54) is 44.1 Å². The molecule has 0 radical (unpaired) electrons. The lowest BCUT2D eigenvalue weighted by Gasteiger charge is -2.32. The number of nitrogens with zero attached hydrogens (tertiary/aromatic N) is 4. The Morgan fingerprint density at radius 2 is 2.17 bits per heavy atom. The van der Waals surface area contributed by atoms with E-state index in [0.717, 1.165) is 31.4 Å². The summed E-state index contributed by atoms with van der Waals surface area (Å²) in [5, 5.41) is 9.59. The maximum absolute atomic E-state index is 4.12. The summed E-state index contributed by atoms with van der Waals surface area (Å²) < 4.78 is 3.92. The Morgan fingerprint density at radius 1 is 1.33 bits per heavy atom. The van der Waals surface area contributed by atoms with Crippen LogP contribution in [0.1, 0.15) is 12.1 Å². The van der Waals surface area contributed by atoms with Crippen LogP contribution in [0.5, 0.6) is 0 Å². The molecule has 0 amide bonds. The van der Waals surface area contributed by atoms with Crippen LogP contribution < -0.4 is 5.32 Å². The SMILES string of the molecule is Cl.c1snnc1CN1CCC(N2CCNCC2)C1. The Labute approximate surface area is 118 Å². The molecule has 3 rings (SSSR count). The van der Waals surface area contributed by atoms with Crippen LogP contribution in [0.25, 0.3) is 0 Å². The number of halogens is 1. The summed E-state index contributed by atoms with van der Waals surface area (Å²) in [5.41, 5.74) is 1.12. The first-order valence-corrected chi connectivity index (χ1v) is 7.18. The van der Waals surface area contributed by atoms with Gasteiger partial charge >= 0.3 is 0 Å². The molecule has 0 saturated carbocycles. The summed E-state index contributed by atoms with van der Waals surface area (Å²) in [4.78, 5) is 5.14. The van der Waals surface area contributed by atoms with Gasteiger partial charge in [0.15, 0.2) is 0 Å². The van der Waals surface area contributed by atoms with Crippen LogP contribution in [0.2, 0.25) is 0 Å². The minimum atomic E-state index is 0. The van der Waals surface area contributed by atoms with Crippen LogP contribution >= 0.6 is 23.9 Å². The fraction of sp³-hybridized carbons (Fsp3) is 0.818. The van der Waals surface area contributed by atoms with E-state index in [1.54, 1.807) is 0 Å². The van der Waals surface area contributed by atoms with Crippen molar-refractivity contribution in [2.24, 2.45) is 0 Å². The summed E-state index contributed by atoms with van der Waals surface area (Å²) in [6.45, 7) is 8.06. The molecule has 0 bridgehead atoms. The Hall–Kier alpha value is -0.270. The van der Waals surface area contributed by atoms with Crippen molar-refractivity contribution in [1.82, 2.24) is 24.7 Å². The number of hydrogen-bond acceptors (Lipinski definition) is 6. The van der Waals surface area contributed by atoms with E-state index >= 15 is 0 Å². The predicted molar refractivity (Wildman–Crippen MR) is 75.3 cm³/mol. The molecule has 7 heteroatoms. The smallest absolute Gasteiger partial charge is 0.0895 e. The molecule has 1 N–H and O–H groups in total. The lowest BCUT2D eigenvalue weighted by Crippen LogP contribution is -2.49. The molecule has 1 atom stereocenters. The second kappa shape index (κ2) is 6.77. The second-order valence-electron chi connectivity index (χ2n) is 4.86. The Kier molecular flexibility index (Phi) is 5.32. The van der Waals surface area contributed by atoms with Crippen molar-refractivity contribution in [1.29, 1.82) is 0 Å². The molecule has 102 valence electrons. The van der Waals surface area contributed by atoms with Crippen molar-refractivity contribution in [3.63, 3.8) is 0 Å². The maximum Gasteiger partial charge on any atom is 0.0895 e. The molecule has 1 aromatic rings. The Balaban J connectivity index is 0.00000120. The van der Waals surface area contributed by atoms with Crippen molar-refractivity contribution >= 4 is 23.9 Å². The highest BCUT2D eigenvalue weighted by Gasteiger charge is 2.28. The van der Waals surface area contributed by atoms with Crippen LogP contribution in [-0.4, -0.2) is 64.7 Å². The minimum Gasteiger partial charge on any atom is -0.314 e. The quantitative estimate of drug-likeness (QED) is 0.875. The summed E-state index contributed by atoms with van der Waals surface area (Å²) in [6.07, 6.45) is 1.30. The van der Waals surface area contributed by atoms with Gasteiger partial charge in [-0.3, -0.25) is 9.80 Å². The molecule has 2 aliphatic heterocycles. The van der Waals surface area contributed by atoms with Gasteiger partial charge in [-0.15, -0.1) is 17.5 Å². The zero-order chi connectivity index (χ0) is 11.5. The lowest BCUT2D eigenvalue weighted by atomic mass is 10.2. The van der Waals surface area contributed by atoms with Crippen LogP contribution in [-0.2, 0) is 6.54 Å².